The number of fused-ring (bicyclic) bond motifs is 1. The maximum absolute atomic E-state index is 13.3. The van der Waals surface area contributed by atoms with E-state index in [4.69, 9.17) is 4.74 Å². The molecule has 3 heterocycles. The Morgan fingerprint density at radius 1 is 1.22 bits per heavy atom. The third kappa shape index (κ3) is 3.27. The smallest absolute Gasteiger partial charge is 0.356 e. The van der Waals surface area contributed by atoms with Crippen LogP contribution in [0.25, 0.3) is 11.2 Å². The zero-order chi connectivity index (χ0) is 19.6. The number of carbonyl (C=O) groups excluding carboxylic acids is 1. The van der Waals surface area contributed by atoms with Crippen LogP contribution in [-0.2, 0) is 17.8 Å². The molecule has 0 fully saturated rings. The summed E-state index contributed by atoms with van der Waals surface area (Å²) in [5.41, 5.74) is 2.18. The highest BCUT2D eigenvalue weighted by atomic mass is 16.5. The predicted octanol–water partition coefficient (Wildman–Crippen LogP) is 2.61. The second-order valence-electron chi connectivity index (χ2n) is 6.41. The van der Waals surface area contributed by atoms with Crippen LogP contribution in [0.1, 0.15) is 55.8 Å². The van der Waals surface area contributed by atoms with E-state index >= 15 is 0 Å². The van der Waals surface area contributed by atoms with E-state index in [0.29, 0.717) is 12.2 Å². The van der Waals surface area contributed by atoms with Gasteiger partial charge in [0.05, 0.1) is 31.2 Å². The zero-order valence-electron chi connectivity index (χ0n) is 16.2. The van der Waals surface area contributed by atoms with E-state index in [0.717, 1.165) is 30.6 Å². The van der Waals surface area contributed by atoms with E-state index in [1.807, 2.05) is 11.5 Å². The van der Waals surface area contributed by atoms with Crippen LogP contribution in [0.4, 0.5) is 0 Å². The second-order valence-corrected chi connectivity index (χ2v) is 6.41. The fourth-order valence-corrected chi connectivity index (χ4v) is 3.45. The first-order chi connectivity index (χ1) is 13.0. The molecule has 0 aromatic carbocycles. The first-order valence-corrected chi connectivity index (χ1v) is 9.24. The van der Waals surface area contributed by atoms with Gasteiger partial charge >= 0.3 is 11.7 Å². The average molecular weight is 371 g/mol. The molecule has 0 N–H and O–H groups in total. The van der Waals surface area contributed by atoms with Gasteiger partial charge in [0, 0.05) is 18.8 Å². The van der Waals surface area contributed by atoms with Crippen LogP contribution < -0.4 is 5.69 Å². The second kappa shape index (κ2) is 7.77. The van der Waals surface area contributed by atoms with Gasteiger partial charge in [0.15, 0.2) is 11.3 Å². The highest BCUT2D eigenvalue weighted by Crippen LogP contribution is 2.22. The molecule has 0 aliphatic heterocycles. The molecule has 0 radical (unpaired) electrons. The predicted molar refractivity (Wildman–Crippen MR) is 102 cm³/mol. The largest absolute Gasteiger partial charge is 0.464 e. The van der Waals surface area contributed by atoms with E-state index in [2.05, 4.69) is 23.8 Å². The van der Waals surface area contributed by atoms with Crippen LogP contribution in [0.2, 0.25) is 0 Å². The van der Waals surface area contributed by atoms with Crippen molar-refractivity contribution in [3.63, 3.8) is 0 Å². The van der Waals surface area contributed by atoms with Gasteiger partial charge in [-0.3, -0.25) is 9.13 Å². The van der Waals surface area contributed by atoms with E-state index in [1.165, 1.54) is 7.11 Å². The monoisotopic (exact) mass is 371 g/mol. The Labute approximate surface area is 157 Å². The Morgan fingerprint density at radius 3 is 2.59 bits per heavy atom. The normalized spacial score (nSPS) is 11.4. The fourth-order valence-electron chi connectivity index (χ4n) is 3.45. The molecule has 0 aliphatic carbocycles. The number of pyridine rings is 1. The molecule has 27 heavy (non-hydrogen) atoms. The van der Waals surface area contributed by atoms with Crippen LogP contribution in [0.15, 0.2) is 29.5 Å². The van der Waals surface area contributed by atoms with Gasteiger partial charge in [0.2, 0.25) is 0 Å². The molecule has 3 aromatic heterocycles. The van der Waals surface area contributed by atoms with Crippen LogP contribution >= 0.6 is 0 Å². The van der Waals surface area contributed by atoms with Gasteiger partial charge in [-0.2, -0.15) is 0 Å². The fraction of sp³-hybridized carbons (Fsp3) is 0.474. The molecule has 144 valence electrons. The lowest BCUT2D eigenvalue weighted by molar-refractivity contribution is 0.0594. The Balaban J connectivity index is 2.24. The molecule has 0 unspecified atom stereocenters. The van der Waals surface area contributed by atoms with Crippen molar-refractivity contribution in [3.8, 4) is 0 Å². The summed E-state index contributed by atoms with van der Waals surface area (Å²) in [6, 6.07) is 3.46. The van der Waals surface area contributed by atoms with Crippen molar-refractivity contribution in [2.75, 3.05) is 7.11 Å². The Kier molecular flexibility index (Phi) is 5.43. The van der Waals surface area contributed by atoms with Gasteiger partial charge in [-0.05, 0) is 31.9 Å². The highest BCUT2D eigenvalue weighted by Gasteiger charge is 2.22. The number of esters is 1. The molecular weight excluding hydrogens is 346 g/mol. The van der Waals surface area contributed by atoms with Crippen molar-refractivity contribution in [1.29, 1.82) is 0 Å². The third-order valence-electron chi connectivity index (χ3n) is 4.97. The number of nitrogens with zero attached hydrogens (tertiary/aromatic N) is 5. The number of aromatic nitrogens is 5. The minimum atomic E-state index is -0.523. The molecule has 0 atom stereocenters. The summed E-state index contributed by atoms with van der Waals surface area (Å²) in [6.45, 7) is 7.25. The van der Waals surface area contributed by atoms with Crippen molar-refractivity contribution in [1.82, 2.24) is 23.7 Å². The average Bonchev–Trinajstić information content (AvgIpc) is 3.25. The highest BCUT2D eigenvalue weighted by molar-refractivity contribution is 5.89. The zero-order valence-corrected chi connectivity index (χ0v) is 16.2. The van der Waals surface area contributed by atoms with Crippen molar-refractivity contribution in [2.24, 2.45) is 0 Å². The molecule has 0 spiro atoms. The molecule has 0 saturated heterocycles. The van der Waals surface area contributed by atoms with Gasteiger partial charge in [-0.25, -0.2) is 19.6 Å². The minimum Gasteiger partial charge on any atom is -0.464 e. The van der Waals surface area contributed by atoms with Crippen molar-refractivity contribution < 1.29 is 9.53 Å². The Hall–Kier alpha value is -2.90. The van der Waals surface area contributed by atoms with Gasteiger partial charge in [0.25, 0.3) is 0 Å². The number of hydrogen-bond donors (Lipinski definition) is 0. The Bertz CT molecular complexity index is 1010. The molecule has 0 saturated carbocycles. The maximum Gasteiger partial charge on any atom is 0.356 e. The van der Waals surface area contributed by atoms with E-state index in [-0.39, 0.29) is 17.4 Å². The number of imidazole rings is 2. The van der Waals surface area contributed by atoms with E-state index in [9.17, 15) is 9.59 Å². The molecule has 0 bridgehead atoms. The molecule has 3 aromatic rings. The molecule has 0 amide bonds. The standard InChI is InChI=1S/C19H25N5O3/c1-5-13(6-2)24-16-9-8-15(18(25)27-4)21-17(16)23(19(24)26)11-14-10-20-12-22(14)7-3/h8-10,12-13H,5-7,11H2,1-4H3. The quantitative estimate of drug-likeness (QED) is 0.596. The molecular formula is C19H25N5O3. The number of hydrogen-bond acceptors (Lipinski definition) is 5. The number of methoxy groups -OCH3 is 1. The number of carbonyl (C=O) groups is 1. The van der Waals surface area contributed by atoms with Gasteiger partial charge in [0.1, 0.15) is 0 Å². The maximum atomic E-state index is 13.3. The third-order valence-corrected chi connectivity index (χ3v) is 4.97. The summed E-state index contributed by atoms with van der Waals surface area (Å²) in [7, 11) is 1.32. The summed E-state index contributed by atoms with van der Waals surface area (Å²) in [4.78, 5) is 33.8. The van der Waals surface area contributed by atoms with Gasteiger partial charge in [-0.1, -0.05) is 13.8 Å². The lowest BCUT2D eigenvalue weighted by atomic mass is 10.1. The Morgan fingerprint density at radius 2 is 1.96 bits per heavy atom. The minimum absolute atomic E-state index is 0.0723. The van der Waals surface area contributed by atoms with Crippen LogP contribution in [0.3, 0.4) is 0 Å². The van der Waals surface area contributed by atoms with E-state index < -0.39 is 5.97 Å². The molecule has 3 rings (SSSR count). The summed E-state index contributed by atoms with van der Waals surface area (Å²) in [5, 5.41) is 0. The van der Waals surface area contributed by atoms with Crippen LogP contribution in [0, 0.1) is 0 Å². The van der Waals surface area contributed by atoms with Crippen molar-refractivity contribution >= 4 is 17.1 Å². The summed E-state index contributed by atoms with van der Waals surface area (Å²) in [5.74, 6) is -0.523. The summed E-state index contributed by atoms with van der Waals surface area (Å²) < 4.78 is 10.2. The summed E-state index contributed by atoms with van der Waals surface area (Å²) >= 11 is 0. The van der Waals surface area contributed by atoms with Crippen molar-refractivity contribution in [3.05, 3.63) is 46.5 Å². The lowest BCUT2D eigenvalue weighted by Gasteiger charge is -2.14. The molecule has 0 aliphatic rings. The van der Waals surface area contributed by atoms with E-state index in [1.54, 1.807) is 33.8 Å². The lowest BCUT2D eigenvalue weighted by Crippen LogP contribution is -2.28. The van der Waals surface area contributed by atoms with Gasteiger partial charge in [-0.15, -0.1) is 0 Å². The summed E-state index contributed by atoms with van der Waals surface area (Å²) in [6.07, 6.45) is 5.16. The van der Waals surface area contributed by atoms with Crippen LogP contribution in [0.5, 0.6) is 0 Å². The molecule has 8 heteroatoms. The topological polar surface area (TPSA) is 83.9 Å². The first-order valence-electron chi connectivity index (χ1n) is 9.24. The first kappa shape index (κ1) is 18.9. The van der Waals surface area contributed by atoms with Gasteiger partial charge < -0.3 is 9.30 Å². The number of ether oxygens (including phenoxy) is 1. The SMILES string of the molecule is CCC(CC)n1c(=O)n(Cc2cncn2CC)c2nc(C(=O)OC)ccc21. The van der Waals surface area contributed by atoms with Crippen LogP contribution in [-0.4, -0.2) is 36.7 Å². The number of rotatable bonds is 7. The number of aryl methyl sites for hydroxylation is 1. The molecule has 8 nitrogen and oxygen atoms in total. The van der Waals surface area contributed by atoms with Crippen molar-refractivity contribution in [2.45, 2.75) is 52.7 Å².